The number of ether oxygens (including phenoxy) is 1. The van der Waals surface area contributed by atoms with Gasteiger partial charge in [0.1, 0.15) is 5.03 Å². The van der Waals surface area contributed by atoms with Gasteiger partial charge in [0.2, 0.25) is 11.7 Å². The lowest BCUT2D eigenvalue weighted by Gasteiger charge is -2.16. The van der Waals surface area contributed by atoms with E-state index in [1.54, 1.807) is 25.1 Å². The molecule has 1 saturated heterocycles. The van der Waals surface area contributed by atoms with Crippen LogP contribution in [-0.2, 0) is 15.7 Å². The number of alkyl halides is 3. The number of nitrogens with zero attached hydrogens (tertiary/aromatic N) is 2. The van der Waals surface area contributed by atoms with Gasteiger partial charge in [-0.05, 0) is 25.8 Å². The van der Waals surface area contributed by atoms with E-state index < -0.39 is 17.3 Å². The van der Waals surface area contributed by atoms with Crippen molar-refractivity contribution in [2.75, 3.05) is 13.2 Å². The van der Waals surface area contributed by atoms with Gasteiger partial charge >= 0.3 is 6.18 Å². The second-order valence-corrected chi connectivity index (χ2v) is 7.34. The second kappa shape index (κ2) is 7.79. The Labute approximate surface area is 152 Å². The summed E-state index contributed by atoms with van der Waals surface area (Å²) in [7, 11) is 0. The fraction of sp³-hybridized carbons (Fsp3) is 0.471. The van der Waals surface area contributed by atoms with E-state index in [9.17, 15) is 18.0 Å². The van der Waals surface area contributed by atoms with Crippen LogP contribution in [-0.4, -0.2) is 40.4 Å². The molecule has 0 unspecified atom stereocenters. The molecule has 1 aliphatic heterocycles. The quantitative estimate of drug-likeness (QED) is 0.631. The lowest BCUT2D eigenvalue weighted by molar-refractivity contribution is -0.145. The average Bonchev–Trinajstić information content (AvgIpc) is 3.12. The standard InChI is InChI=1S/C17H18F3N3O2S/c1-10(14(24)21-9-11-5-4-8-25-11)26-15-12-6-2-3-7-13(12)22-16(23-15)17(18,19)20/h2-3,6-7,10-11H,4-5,8-9H2,1H3,(H,21,24)/t10-,11-/m1/s1. The Morgan fingerprint density at radius 3 is 2.85 bits per heavy atom. The molecule has 1 aromatic heterocycles. The summed E-state index contributed by atoms with van der Waals surface area (Å²) >= 11 is 0.990. The van der Waals surface area contributed by atoms with Gasteiger partial charge in [-0.3, -0.25) is 4.79 Å². The first-order valence-electron chi connectivity index (χ1n) is 8.24. The molecule has 3 rings (SSSR count). The van der Waals surface area contributed by atoms with Crippen LogP contribution in [0.1, 0.15) is 25.6 Å². The topological polar surface area (TPSA) is 64.1 Å². The van der Waals surface area contributed by atoms with Gasteiger partial charge in [0.05, 0.1) is 16.9 Å². The fourth-order valence-corrected chi connectivity index (χ4v) is 3.61. The molecule has 9 heteroatoms. The maximum Gasteiger partial charge on any atom is 0.451 e. The number of hydrogen-bond donors (Lipinski definition) is 1. The molecule has 2 atom stereocenters. The molecule has 1 fully saturated rings. The molecule has 5 nitrogen and oxygen atoms in total. The lowest BCUT2D eigenvalue weighted by atomic mass is 10.2. The van der Waals surface area contributed by atoms with Crippen LogP contribution in [0.25, 0.3) is 10.9 Å². The number of carbonyl (C=O) groups excluding carboxylic acids is 1. The van der Waals surface area contributed by atoms with E-state index in [4.69, 9.17) is 4.74 Å². The van der Waals surface area contributed by atoms with Crippen LogP contribution in [0.4, 0.5) is 13.2 Å². The molecule has 0 radical (unpaired) electrons. The highest BCUT2D eigenvalue weighted by Crippen LogP contribution is 2.33. The van der Waals surface area contributed by atoms with Crippen molar-refractivity contribution in [1.29, 1.82) is 0 Å². The summed E-state index contributed by atoms with van der Waals surface area (Å²) in [6.45, 7) is 2.74. The molecular formula is C17H18F3N3O2S. The van der Waals surface area contributed by atoms with Crippen LogP contribution in [0, 0.1) is 0 Å². The van der Waals surface area contributed by atoms with Crippen molar-refractivity contribution in [3.63, 3.8) is 0 Å². The van der Waals surface area contributed by atoms with E-state index in [1.165, 1.54) is 6.07 Å². The van der Waals surface area contributed by atoms with E-state index >= 15 is 0 Å². The number of aromatic nitrogens is 2. The van der Waals surface area contributed by atoms with Crippen molar-refractivity contribution >= 4 is 28.6 Å². The molecule has 1 N–H and O–H groups in total. The molecule has 26 heavy (non-hydrogen) atoms. The van der Waals surface area contributed by atoms with Gasteiger partial charge in [0.15, 0.2) is 0 Å². The SMILES string of the molecule is C[C@@H](Sc1nc(C(F)(F)F)nc2ccccc12)C(=O)NC[C@H]1CCCO1. The molecule has 0 aliphatic carbocycles. The Kier molecular flexibility index (Phi) is 5.67. The number of fused-ring (bicyclic) bond motifs is 1. The molecule has 2 heterocycles. The number of halogens is 3. The Balaban J connectivity index is 1.77. The smallest absolute Gasteiger partial charge is 0.376 e. The minimum absolute atomic E-state index is 0.00728. The molecule has 1 aliphatic rings. The summed E-state index contributed by atoms with van der Waals surface area (Å²) in [6.07, 6.45) is -2.77. The van der Waals surface area contributed by atoms with Crippen LogP contribution in [0.15, 0.2) is 29.3 Å². The third-order valence-electron chi connectivity index (χ3n) is 4.01. The summed E-state index contributed by atoms with van der Waals surface area (Å²) in [5.74, 6) is -1.47. The maximum atomic E-state index is 13.1. The number of benzene rings is 1. The Morgan fingerprint density at radius 1 is 1.38 bits per heavy atom. The van der Waals surface area contributed by atoms with E-state index in [0.717, 1.165) is 24.6 Å². The third-order valence-corrected chi connectivity index (χ3v) is 5.11. The molecular weight excluding hydrogens is 367 g/mol. The number of nitrogens with one attached hydrogen (secondary N) is 1. The van der Waals surface area contributed by atoms with E-state index in [2.05, 4.69) is 15.3 Å². The number of amides is 1. The predicted molar refractivity (Wildman–Crippen MR) is 91.8 cm³/mol. The second-order valence-electron chi connectivity index (χ2n) is 6.01. The van der Waals surface area contributed by atoms with E-state index in [-0.39, 0.29) is 22.6 Å². The highest BCUT2D eigenvalue weighted by Gasteiger charge is 2.36. The largest absolute Gasteiger partial charge is 0.451 e. The summed E-state index contributed by atoms with van der Waals surface area (Å²) in [5.41, 5.74) is 0.198. The summed E-state index contributed by atoms with van der Waals surface area (Å²) in [6, 6.07) is 6.46. The van der Waals surface area contributed by atoms with Gasteiger partial charge < -0.3 is 10.1 Å². The average molecular weight is 385 g/mol. The minimum atomic E-state index is -4.65. The van der Waals surface area contributed by atoms with Gasteiger partial charge in [0.25, 0.3) is 0 Å². The highest BCUT2D eigenvalue weighted by molar-refractivity contribution is 8.00. The Hall–Kier alpha value is -1.87. The molecule has 0 spiro atoms. The highest BCUT2D eigenvalue weighted by atomic mass is 32.2. The fourth-order valence-electron chi connectivity index (χ4n) is 2.65. The summed E-state index contributed by atoms with van der Waals surface area (Å²) < 4.78 is 44.6. The zero-order valence-electron chi connectivity index (χ0n) is 14.0. The number of para-hydroxylation sites is 1. The van der Waals surface area contributed by atoms with Crippen molar-refractivity contribution < 1.29 is 22.7 Å². The van der Waals surface area contributed by atoms with Crippen LogP contribution < -0.4 is 5.32 Å². The minimum Gasteiger partial charge on any atom is -0.376 e. The first-order valence-corrected chi connectivity index (χ1v) is 9.12. The summed E-state index contributed by atoms with van der Waals surface area (Å²) in [4.78, 5) is 19.5. The van der Waals surface area contributed by atoms with Crippen LogP contribution in [0.2, 0.25) is 0 Å². The molecule has 1 amide bonds. The monoisotopic (exact) mass is 385 g/mol. The van der Waals surface area contributed by atoms with Crippen molar-refractivity contribution in [1.82, 2.24) is 15.3 Å². The molecule has 0 saturated carbocycles. The van der Waals surface area contributed by atoms with Crippen molar-refractivity contribution in [3.05, 3.63) is 30.1 Å². The maximum absolute atomic E-state index is 13.1. The van der Waals surface area contributed by atoms with Gasteiger partial charge in [-0.15, -0.1) is 0 Å². The van der Waals surface area contributed by atoms with Crippen molar-refractivity contribution in [3.8, 4) is 0 Å². The summed E-state index contributed by atoms with van der Waals surface area (Å²) in [5, 5.41) is 2.82. The zero-order chi connectivity index (χ0) is 18.7. The van der Waals surface area contributed by atoms with Gasteiger partial charge in [-0.1, -0.05) is 30.0 Å². The predicted octanol–water partition coefficient (Wildman–Crippen LogP) is 3.42. The van der Waals surface area contributed by atoms with Gasteiger partial charge in [-0.2, -0.15) is 13.2 Å². The van der Waals surface area contributed by atoms with Crippen molar-refractivity contribution in [2.45, 2.75) is 42.3 Å². The Bertz CT molecular complexity index is 794. The van der Waals surface area contributed by atoms with E-state index in [1.807, 2.05) is 0 Å². The number of carbonyl (C=O) groups is 1. The van der Waals surface area contributed by atoms with Crippen LogP contribution in [0.3, 0.4) is 0 Å². The number of rotatable bonds is 5. The molecule has 0 bridgehead atoms. The lowest BCUT2D eigenvalue weighted by Crippen LogP contribution is -2.36. The number of thioether (sulfide) groups is 1. The third kappa shape index (κ3) is 4.45. The van der Waals surface area contributed by atoms with Gasteiger partial charge in [-0.25, -0.2) is 9.97 Å². The first kappa shape index (κ1) is 18.9. The number of hydrogen-bond acceptors (Lipinski definition) is 5. The van der Waals surface area contributed by atoms with Crippen LogP contribution >= 0.6 is 11.8 Å². The Morgan fingerprint density at radius 2 is 2.15 bits per heavy atom. The van der Waals surface area contributed by atoms with Crippen LogP contribution in [0.5, 0.6) is 0 Å². The van der Waals surface area contributed by atoms with Gasteiger partial charge in [0, 0.05) is 18.5 Å². The molecule has 140 valence electrons. The van der Waals surface area contributed by atoms with E-state index in [0.29, 0.717) is 18.5 Å². The zero-order valence-corrected chi connectivity index (χ0v) is 14.9. The van der Waals surface area contributed by atoms with Crippen molar-refractivity contribution in [2.24, 2.45) is 0 Å². The molecule has 2 aromatic rings. The normalized spacial score (nSPS) is 18.8. The first-order chi connectivity index (χ1) is 12.3. The molecule has 1 aromatic carbocycles.